The first-order valence-electron chi connectivity index (χ1n) is 6.25. The predicted octanol–water partition coefficient (Wildman–Crippen LogP) is 2.70. The van der Waals surface area contributed by atoms with Gasteiger partial charge in [0.2, 0.25) is 0 Å². The summed E-state index contributed by atoms with van der Waals surface area (Å²) in [6.45, 7) is 2.14. The summed E-state index contributed by atoms with van der Waals surface area (Å²) in [7, 11) is 1.97. The lowest BCUT2D eigenvalue weighted by Crippen LogP contribution is -2.14. The maximum absolute atomic E-state index is 7.35. The molecule has 0 bridgehead atoms. The zero-order valence-corrected chi connectivity index (χ0v) is 11.2. The van der Waals surface area contributed by atoms with Crippen LogP contribution in [0.25, 0.3) is 0 Å². The lowest BCUT2D eigenvalue weighted by Gasteiger charge is -2.18. The number of nitrogen functional groups attached to an aromatic ring is 1. The largest absolute Gasteiger partial charge is 0.384 e. The van der Waals surface area contributed by atoms with Crippen LogP contribution in [0.2, 0.25) is 0 Å². The van der Waals surface area contributed by atoms with E-state index >= 15 is 0 Å². The van der Waals surface area contributed by atoms with E-state index in [2.05, 4.69) is 36.2 Å². The lowest BCUT2D eigenvalue weighted by molar-refractivity contribution is 1.11. The molecule has 98 valence electrons. The number of rotatable bonds is 4. The minimum absolute atomic E-state index is 0.0361. The van der Waals surface area contributed by atoms with Crippen LogP contribution < -0.4 is 10.6 Å². The van der Waals surface area contributed by atoms with E-state index in [9.17, 15) is 0 Å². The summed E-state index contributed by atoms with van der Waals surface area (Å²) in [6, 6.07) is 12.1. The van der Waals surface area contributed by atoms with Gasteiger partial charge in [-0.1, -0.05) is 19.1 Å². The van der Waals surface area contributed by atoms with Crippen LogP contribution in [0, 0.1) is 5.41 Å². The Balaban J connectivity index is 2.22. The molecule has 0 aliphatic rings. The second-order valence-electron chi connectivity index (χ2n) is 4.40. The normalized spacial score (nSPS) is 10.2. The van der Waals surface area contributed by atoms with E-state index in [1.165, 1.54) is 5.56 Å². The number of aryl methyl sites for hydroxylation is 1. The van der Waals surface area contributed by atoms with Crippen molar-refractivity contribution in [2.24, 2.45) is 5.73 Å². The van der Waals surface area contributed by atoms with Crippen molar-refractivity contribution in [1.82, 2.24) is 4.98 Å². The highest BCUT2D eigenvalue weighted by Gasteiger charge is 2.06. The van der Waals surface area contributed by atoms with Gasteiger partial charge in [0.25, 0.3) is 0 Å². The summed E-state index contributed by atoms with van der Waals surface area (Å²) < 4.78 is 0. The van der Waals surface area contributed by atoms with Crippen LogP contribution in [0.5, 0.6) is 0 Å². The van der Waals surface area contributed by atoms with Gasteiger partial charge in [-0.25, -0.2) is 4.98 Å². The van der Waals surface area contributed by atoms with Crippen molar-refractivity contribution < 1.29 is 0 Å². The topological polar surface area (TPSA) is 66.0 Å². The summed E-state index contributed by atoms with van der Waals surface area (Å²) >= 11 is 0. The van der Waals surface area contributed by atoms with Gasteiger partial charge >= 0.3 is 0 Å². The number of benzene rings is 1. The summed E-state index contributed by atoms with van der Waals surface area (Å²) in [5.74, 6) is 0.864. The molecular weight excluding hydrogens is 236 g/mol. The molecule has 1 heterocycles. The quantitative estimate of drug-likeness (QED) is 0.651. The van der Waals surface area contributed by atoms with Crippen LogP contribution in [-0.4, -0.2) is 17.9 Å². The third-order valence-electron chi connectivity index (χ3n) is 3.13. The van der Waals surface area contributed by atoms with Gasteiger partial charge in [0.1, 0.15) is 11.7 Å². The molecule has 0 radical (unpaired) electrons. The Morgan fingerprint density at radius 3 is 2.37 bits per heavy atom. The Bertz CT molecular complexity index is 558. The molecular formula is C15H18N4. The first-order valence-corrected chi connectivity index (χ1v) is 6.25. The maximum atomic E-state index is 7.35. The van der Waals surface area contributed by atoms with Crippen molar-refractivity contribution in [1.29, 1.82) is 5.41 Å². The number of hydrogen-bond acceptors (Lipinski definition) is 3. The zero-order valence-electron chi connectivity index (χ0n) is 11.2. The molecule has 19 heavy (non-hydrogen) atoms. The molecule has 4 nitrogen and oxygen atoms in total. The number of aromatic nitrogens is 1. The number of anilines is 2. The molecule has 2 rings (SSSR count). The number of nitrogens with zero attached hydrogens (tertiary/aromatic N) is 2. The number of amidine groups is 1. The van der Waals surface area contributed by atoms with Crippen molar-refractivity contribution in [2.45, 2.75) is 13.3 Å². The van der Waals surface area contributed by atoms with Crippen molar-refractivity contribution in [3.05, 3.63) is 53.7 Å². The van der Waals surface area contributed by atoms with E-state index in [-0.39, 0.29) is 5.84 Å². The van der Waals surface area contributed by atoms with Crippen LogP contribution in [0.3, 0.4) is 0 Å². The Morgan fingerprint density at radius 1 is 1.21 bits per heavy atom. The third-order valence-corrected chi connectivity index (χ3v) is 3.13. The first kappa shape index (κ1) is 13.1. The minimum atomic E-state index is 0.0361. The van der Waals surface area contributed by atoms with Crippen molar-refractivity contribution in [3.63, 3.8) is 0 Å². The van der Waals surface area contributed by atoms with Crippen LogP contribution >= 0.6 is 0 Å². The highest BCUT2D eigenvalue weighted by atomic mass is 15.2. The maximum Gasteiger partial charge on any atom is 0.132 e. The molecule has 0 aliphatic heterocycles. The van der Waals surface area contributed by atoms with Crippen LogP contribution in [0.1, 0.15) is 18.1 Å². The van der Waals surface area contributed by atoms with E-state index in [1.54, 1.807) is 6.20 Å². The molecule has 0 saturated carbocycles. The molecule has 0 spiro atoms. The fraction of sp³-hybridized carbons (Fsp3) is 0.200. The van der Waals surface area contributed by atoms with E-state index in [4.69, 9.17) is 11.1 Å². The van der Waals surface area contributed by atoms with E-state index in [1.807, 2.05) is 24.1 Å². The van der Waals surface area contributed by atoms with E-state index in [0.29, 0.717) is 5.56 Å². The van der Waals surface area contributed by atoms with Crippen LogP contribution in [-0.2, 0) is 6.42 Å². The highest BCUT2D eigenvalue weighted by Crippen LogP contribution is 2.22. The molecule has 1 aromatic heterocycles. The molecule has 1 aromatic carbocycles. The summed E-state index contributed by atoms with van der Waals surface area (Å²) in [6.07, 6.45) is 2.66. The fourth-order valence-corrected chi connectivity index (χ4v) is 1.83. The fourth-order valence-electron chi connectivity index (χ4n) is 1.83. The summed E-state index contributed by atoms with van der Waals surface area (Å²) in [4.78, 5) is 6.33. The van der Waals surface area contributed by atoms with Gasteiger partial charge in [0.05, 0.1) is 0 Å². The second-order valence-corrected chi connectivity index (χ2v) is 4.40. The molecule has 0 fully saturated rings. The van der Waals surface area contributed by atoms with Gasteiger partial charge in [0.15, 0.2) is 0 Å². The van der Waals surface area contributed by atoms with Crippen LogP contribution in [0.15, 0.2) is 42.6 Å². The van der Waals surface area contributed by atoms with Gasteiger partial charge in [0, 0.05) is 24.5 Å². The van der Waals surface area contributed by atoms with Gasteiger partial charge < -0.3 is 10.6 Å². The Labute approximate surface area is 113 Å². The Morgan fingerprint density at radius 2 is 1.89 bits per heavy atom. The third kappa shape index (κ3) is 2.91. The van der Waals surface area contributed by atoms with Crippen molar-refractivity contribution >= 4 is 17.3 Å². The number of nitrogens with one attached hydrogen (secondary N) is 1. The average Bonchev–Trinajstić information content (AvgIpc) is 2.46. The van der Waals surface area contributed by atoms with E-state index < -0.39 is 0 Å². The monoisotopic (exact) mass is 254 g/mol. The van der Waals surface area contributed by atoms with Crippen molar-refractivity contribution in [2.75, 3.05) is 11.9 Å². The second kappa shape index (κ2) is 5.52. The SMILES string of the molecule is CCc1ccc(N(C)c2ccc(C(=N)N)cn2)cc1. The summed E-state index contributed by atoms with van der Waals surface area (Å²) in [5.41, 5.74) is 8.45. The first-order chi connectivity index (χ1) is 9.11. The molecule has 4 heteroatoms. The average molecular weight is 254 g/mol. The Kier molecular flexibility index (Phi) is 3.80. The van der Waals surface area contributed by atoms with Gasteiger partial charge in [-0.2, -0.15) is 0 Å². The van der Waals surface area contributed by atoms with E-state index in [0.717, 1.165) is 17.9 Å². The van der Waals surface area contributed by atoms with Gasteiger partial charge in [-0.05, 0) is 36.2 Å². The predicted molar refractivity (Wildman–Crippen MR) is 79.1 cm³/mol. The molecule has 0 unspecified atom stereocenters. The van der Waals surface area contributed by atoms with Crippen LogP contribution in [0.4, 0.5) is 11.5 Å². The minimum Gasteiger partial charge on any atom is -0.384 e. The Hall–Kier alpha value is -2.36. The molecule has 3 N–H and O–H groups in total. The standard InChI is InChI=1S/C15H18N4/c1-3-11-4-7-13(8-5-11)19(2)14-9-6-12(10-18-14)15(16)17/h4-10H,3H2,1-2H3,(H3,16,17). The summed E-state index contributed by atoms with van der Waals surface area (Å²) in [5, 5.41) is 7.35. The number of nitrogens with two attached hydrogens (primary N) is 1. The van der Waals surface area contributed by atoms with Crippen molar-refractivity contribution in [3.8, 4) is 0 Å². The molecule has 2 aromatic rings. The smallest absolute Gasteiger partial charge is 0.132 e. The highest BCUT2D eigenvalue weighted by molar-refractivity contribution is 5.94. The van der Waals surface area contributed by atoms with Gasteiger partial charge in [-0.3, -0.25) is 5.41 Å². The number of hydrogen-bond donors (Lipinski definition) is 2. The molecule has 0 atom stereocenters. The number of pyridine rings is 1. The molecule has 0 saturated heterocycles. The van der Waals surface area contributed by atoms with Gasteiger partial charge in [-0.15, -0.1) is 0 Å². The molecule has 0 aliphatic carbocycles. The lowest BCUT2D eigenvalue weighted by atomic mass is 10.1. The molecule has 0 amide bonds. The zero-order chi connectivity index (χ0) is 13.8.